The first kappa shape index (κ1) is 13.4. The Kier molecular flexibility index (Phi) is 7.48. The predicted octanol–water partition coefficient (Wildman–Crippen LogP) is 2.29. The Balaban J connectivity index is 4.26. The lowest BCUT2D eigenvalue weighted by Crippen LogP contribution is -2.22. The first-order valence-electron chi connectivity index (χ1n) is 5.46. The topological polar surface area (TPSA) is 26.3 Å². The first-order chi connectivity index (χ1) is 6.67. The number of allylic oxidation sites excluding steroid dienone is 2. The molecule has 0 heterocycles. The normalized spacial score (nSPS) is 16.3. The van der Waals surface area contributed by atoms with Crippen LogP contribution in [0.2, 0.25) is 6.55 Å². The Labute approximate surface area is 89.7 Å². The second-order valence-corrected chi connectivity index (χ2v) is 4.39. The maximum absolute atomic E-state index is 11.5. The van der Waals surface area contributed by atoms with Crippen LogP contribution in [0.5, 0.6) is 0 Å². The minimum atomic E-state index is -0.610. The van der Waals surface area contributed by atoms with Crippen molar-refractivity contribution < 1.29 is 9.22 Å². The number of hydrogen-bond donors (Lipinski definition) is 0. The summed E-state index contributed by atoms with van der Waals surface area (Å²) in [4.78, 5) is 11.5. The zero-order valence-electron chi connectivity index (χ0n) is 9.75. The molecule has 82 valence electrons. The van der Waals surface area contributed by atoms with Gasteiger partial charge >= 0.3 is 0 Å². The molecular weight excluding hydrogens is 192 g/mol. The number of hydrogen-bond acceptors (Lipinski definition) is 2. The van der Waals surface area contributed by atoms with Crippen molar-refractivity contribution in [2.75, 3.05) is 0 Å². The summed E-state index contributed by atoms with van der Waals surface area (Å²) in [6, 6.07) is 0. The van der Waals surface area contributed by atoms with Crippen LogP contribution in [0.3, 0.4) is 0 Å². The third-order valence-corrected chi connectivity index (χ3v) is 2.94. The molecule has 0 aromatic rings. The minimum Gasteiger partial charge on any atom is -0.525 e. The third-order valence-electron chi connectivity index (χ3n) is 2.36. The molecule has 2 nitrogen and oxygen atoms in total. The van der Waals surface area contributed by atoms with Gasteiger partial charge in [-0.15, -0.1) is 0 Å². The summed E-state index contributed by atoms with van der Waals surface area (Å²) in [6.45, 7) is 8.08. The highest BCUT2D eigenvalue weighted by Crippen LogP contribution is 2.20. The first-order valence-corrected chi connectivity index (χ1v) is 7.45. The smallest absolute Gasteiger partial charge is 0.295 e. The van der Waals surface area contributed by atoms with E-state index in [1.165, 1.54) is 0 Å². The molecule has 0 bridgehead atoms. The van der Waals surface area contributed by atoms with Crippen molar-refractivity contribution in [1.82, 2.24) is 0 Å². The van der Waals surface area contributed by atoms with E-state index in [4.69, 9.17) is 4.43 Å². The van der Waals surface area contributed by atoms with Gasteiger partial charge in [0, 0.05) is 0 Å². The molecule has 0 saturated carbocycles. The zero-order chi connectivity index (χ0) is 11.0. The van der Waals surface area contributed by atoms with Crippen molar-refractivity contribution >= 4 is 15.7 Å². The van der Waals surface area contributed by atoms with E-state index in [2.05, 4.69) is 13.0 Å². The van der Waals surface area contributed by atoms with Crippen LogP contribution in [0.1, 0.15) is 33.6 Å². The lowest BCUT2D eigenvalue weighted by atomic mass is 9.90. The molecule has 0 radical (unpaired) electrons. The standard InChI is InChI=1S/C11H22O2Si/c1-5-7-10(8-6-2)9(3)11(12)13-14-4/h5,7,9-10H,6,8,14H2,1-4H3/b7-5+/t9-,10+/m1/s1. The minimum absolute atomic E-state index is 0.0126. The second kappa shape index (κ2) is 7.80. The highest BCUT2D eigenvalue weighted by Gasteiger charge is 2.21. The van der Waals surface area contributed by atoms with Crippen LogP contribution in [-0.4, -0.2) is 15.7 Å². The summed E-state index contributed by atoms with van der Waals surface area (Å²) >= 11 is 0. The van der Waals surface area contributed by atoms with Crippen LogP contribution in [0.4, 0.5) is 0 Å². The van der Waals surface area contributed by atoms with Crippen LogP contribution in [0, 0.1) is 11.8 Å². The summed E-state index contributed by atoms with van der Waals surface area (Å²) in [5.41, 5.74) is 0. The van der Waals surface area contributed by atoms with E-state index >= 15 is 0 Å². The van der Waals surface area contributed by atoms with Crippen LogP contribution < -0.4 is 0 Å². The van der Waals surface area contributed by atoms with Gasteiger partial charge in [-0.3, -0.25) is 4.79 Å². The molecule has 0 aliphatic heterocycles. The fraction of sp³-hybridized carbons (Fsp3) is 0.727. The van der Waals surface area contributed by atoms with Gasteiger partial charge in [0.25, 0.3) is 5.97 Å². The predicted molar refractivity (Wildman–Crippen MR) is 62.9 cm³/mol. The van der Waals surface area contributed by atoms with E-state index in [0.717, 1.165) is 12.8 Å². The molecule has 3 heteroatoms. The Morgan fingerprint density at radius 2 is 2.21 bits per heavy atom. The number of rotatable bonds is 6. The average Bonchev–Trinajstić information content (AvgIpc) is 2.17. The molecule has 0 unspecified atom stereocenters. The van der Waals surface area contributed by atoms with Crippen molar-refractivity contribution in [1.29, 1.82) is 0 Å². The van der Waals surface area contributed by atoms with Crippen molar-refractivity contribution in [3.63, 3.8) is 0 Å². The lowest BCUT2D eigenvalue weighted by molar-refractivity contribution is -0.139. The third kappa shape index (κ3) is 4.60. The SMILES string of the molecule is C/C=C/[C@@H](CCC)[C@@H](C)C(=O)O[SiH2]C. The summed E-state index contributed by atoms with van der Waals surface area (Å²) in [6.07, 6.45) is 6.31. The molecule has 2 atom stereocenters. The average molecular weight is 214 g/mol. The Morgan fingerprint density at radius 3 is 2.64 bits per heavy atom. The van der Waals surface area contributed by atoms with Crippen molar-refractivity contribution in [2.24, 2.45) is 11.8 Å². The van der Waals surface area contributed by atoms with Crippen LogP contribution in [-0.2, 0) is 9.22 Å². The van der Waals surface area contributed by atoms with Gasteiger partial charge in [-0.2, -0.15) is 0 Å². The molecule has 0 saturated heterocycles. The molecule has 0 aliphatic rings. The maximum Gasteiger partial charge on any atom is 0.295 e. The molecule has 0 N–H and O–H groups in total. The van der Waals surface area contributed by atoms with Gasteiger partial charge in [-0.1, -0.05) is 32.4 Å². The maximum atomic E-state index is 11.5. The molecule has 0 aliphatic carbocycles. The van der Waals surface area contributed by atoms with E-state index in [-0.39, 0.29) is 11.9 Å². The second-order valence-electron chi connectivity index (χ2n) is 3.52. The van der Waals surface area contributed by atoms with Crippen molar-refractivity contribution in [3.05, 3.63) is 12.2 Å². The molecule has 14 heavy (non-hydrogen) atoms. The molecule has 0 fully saturated rings. The number of carbonyl (C=O) groups excluding carboxylic acids is 1. The molecule has 0 rings (SSSR count). The van der Waals surface area contributed by atoms with Gasteiger partial charge in [-0.25, -0.2) is 0 Å². The quantitative estimate of drug-likeness (QED) is 0.501. The van der Waals surface area contributed by atoms with E-state index in [1.54, 1.807) is 0 Å². The van der Waals surface area contributed by atoms with Crippen molar-refractivity contribution in [3.8, 4) is 0 Å². The lowest BCUT2D eigenvalue weighted by Gasteiger charge is -2.18. The molecule has 0 aromatic carbocycles. The summed E-state index contributed by atoms with van der Waals surface area (Å²) in [5.74, 6) is 0.340. The summed E-state index contributed by atoms with van der Waals surface area (Å²) < 4.78 is 5.14. The van der Waals surface area contributed by atoms with Gasteiger partial charge in [0.15, 0.2) is 0 Å². The van der Waals surface area contributed by atoms with E-state index < -0.39 is 9.76 Å². The van der Waals surface area contributed by atoms with Crippen LogP contribution >= 0.6 is 0 Å². The highest BCUT2D eigenvalue weighted by molar-refractivity contribution is 6.28. The molecule has 0 aromatic heterocycles. The Hall–Kier alpha value is -0.573. The van der Waals surface area contributed by atoms with E-state index in [1.807, 2.05) is 26.5 Å². The summed E-state index contributed by atoms with van der Waals surface area (Å²) in [7, 11) is -0.610. The van der Waals surface area contributed by atoms with Gasteiger partial charge < -0.3 is 4.43 Å². The number of carbonyl (C=O) groups is 1. The van der Waals surface area contributed by atoms with Crippen LogP contribution in [0.15, 0.2) is 12.2 Å². The van der Waals surface area contributed by atoms with Gasteiger partial charge in [-0.05, 0) is 25.8 Å². The zero-order valence-corrected chi connectivity index (χ0v) is 11.2. The highest BCUT2D eigenvalue weighted by atomic mass is 28.2. The fourth-order valence-corrected chi connectivity index (χ4v) is 2.09. The van der Waals surface area contributed by atoms with Gasteiger partial charge in [0.1, 0.15) is 0 Å². The molecular formula is C11H22O2Si. The van der Waals surface area contributed by atoms with Crippen LogP contribution in [0.25, 0.3) is 0 Å². The van der Waals surface area contributed by atoms with Crippen molar-refractivity contribution in [2.45, 2.75) is 40.2 Å². The van der Waals surface area contributed by atoms with E-state index in [0.29, 0.717) is 5.92 Å². The molecule has 0 spiro atoms. The van der Waals surface area contributed by atoms with Gasteiger partial charge in [0.05, 0.1) is 5.92 Å². The van der Waals surface area contributed by atoms with Gasteiger partial charge in [0.2, 0.25) is 9.76 Å². The Bertz CT molecular complexity index is 190. The molecule has 0 amide bonds. The largest absolute Gasteiger partial charge is 0.525 e. The fourth-order valence-electron chi connectivity index (χ4n) is 1.54. The Morgan fingerprint density at radius 1 is 1.57 bits per heavy atom. The monoisotopic (exact) mass is 214 g/mol. The van der Waals surface area contributed by atoms with E-state index in [9.17, 15) is 4.79 Å². The summed E-state index contributed by atoms with van der Waals surface area (Å²) in [5, 5.41) is 0.